The van der Waals surface area contributed by atoms with Crippen molar-refractivity contribution in [3.05, 3.63) is 72.9 Å². The molecule has 0 bridgehead atoms. The largest absolute Gasteiger partial charge is 0.0961 e. The lowest BCUT2D eigenvalue weighted by atomic mass is 9.91. The molecule has 0 aliphatic heterocycles. The van der Waals surface area contributed by atoms with Crippen molar-refractivity contribution in [1.29, 1.82) is 0 Å². The molecule has 21 heavy (non-hydrogen) atoms. The first-order valence-corrected chi connectivity index (χ1v) is 7.86. The first-order chi connectivity index (χ1) is 9.77. The van der Waals surface area contributed by atoms with Crippen molar-refractivity contribution in [3.8, 4) is 0 Å². The van der Waals surface area contributed by atoms with E-state index >= 15 is 0 Å². The predicted octanol–water partition coefficient (Wildman–Crippen LogP) is 6.81. The summed E-state index contributed by atoms with van der Waals surface area (Å²) >= 11 is 0. The minimum Gasteiger partial charge on any atom is -0.0961 e. The van der Waals surface area contributed by atoms with Crippen molar-refractivity contribution in [3.63, 3.8) is 0 Å². The third-order valence-corrected chi connectivity index (χ3v) is 3.90. The standard InChI is InChI=1S/C21H32/c1-9-17(4)11-13-19(6)21(8)15-14-20(7)18(5)12-10-16(2)3/h10,12,14-15,17,19H,2,5,7-9,11,13H2,1,3-4,6H3/b12-10-,15-14-. The van der Waals surface area contributed by atoms with Crippen LogP contribution < -0.4 is 0 Å². The molecule has 0 aromatic rings. The highest BCUT2D eigenvalue weighted by atomic mass is 14.1. The molecule has 0 aromatic heterocycles. The molecule has 0 saturated carbocycles. The van der Waals surface area contributed by atoms with Crippen LogP contribution >= 0.6 is 0 Å². The van der Waals surface area contributed by atoms with Crippen LogP contribution in [0.4, 0.5) is 0 Å². The Morgan fingerprint density at radius 2 is 1.38 bits per heavy atom. The zero-order valence-corrected chi connectivity index (χ0v) is 14.4. The highest BCUT2D eigenvalue weighted by Gasteiger charge is 2.07. The molecule has 0 fully saturated rings. The maximum atomic E-state index is 4.17. The fourth-order valence-corrected chi connectivity index (χ4v) is 1.75. The van der Waals surface area contributed by atoms with E-state index < -0.39 is 0 Å². The molecule has 0 spiro atoms. The van der Waals surface area contributed by atoms with Crippen LogP contribution in [0.1, 0.15) is 47.0 Å². The lowest BCUT2D eigenvalue weighted by molar-refractivity contribution is 0.454. The second kappa shape index (κ2) is 10.2. The summed E-state index contributed by atoms with van der Waals surface area (Å²) in [6.45, 7) is 24.8. The number of allylic oxidation sites excluding steroid dienone is 8. The van der Waals surface area contributed by atoms with Gasteiger partial charge in [0.25, 0.3) is 0 Å². The van der Waals surface area contributed by atoms with E-state index in [0.29, 0.717) is 5.92 Å². The molecule has 0 nitrogen and oxygen atoms in total. The molecule has 0 aliphatic rings. The van der Waals surface area contributed by atoms with E-state index in [0.717, 1.165) is 28.2 Å². The summed E-state index contributed by atoms with van der Waals surface area (Å²) in [5, 5.41) is 0. The molecule has 0 heteroatoms. The number of hydrogen-bond acceptors (Lipinski definition) is 0. The topological polar surface area (TPSA) is 0 Å². The normalized spacial score (nSPS) is 14.3. The van der Waals surface area contributed by atoms with Crippen LogP contribution in [0.5, 0.6) is 0 Å². The maximum absolute atomic E-state index is 4.17. The smallest absolute Gasteiger partial charge is 0.0196 e. The minimum absolute atomic E-state index is 0.516. The van der Waals surface area contributed by atoms with Gasteiger partial charge in [-0.05, 0) is 36.3 Å². The quantitative estimate of drug-likeness (QED) is 0.387. The summed E-state index contributed by atoms with van der Waals surface area (Å²) in [7, 11) is 0. The van der Waals surface area contributed by atoms with E-state index in [1.165, 1.54) is 19.3 Å². The first-order valence-electron chi connectivity index (χ1n) is 7.86. The Morgan fingerprint density at radius 1 is 0.857 bits per heavy atom. The summed E-state index contributed by atoms with van der Waals surface area (Å²) in [4.78, 5) is 0. The Kier molecular flexibility index (Phi) is 9.45. The van der Waals surface area contributed by atoms with Gasteiger partial charge < -0.3 is 0 Å². The number of hydrogen-bond donors (Lipinski definition) is 0. The second-order valence-electron chi connectivity index (χ2n) is 6.13. The van der Waals surface area contributed by atoms with Crippen LogP contribution in [0.25, 0.3) is 0 Å². The Balaban J connectivity index is 4.39. The third-order valence-electron chi connectivity index (χ3n) is 3.90. The van der Waals surface area contributed by atoms with Crippen molar-refractivity contribution in [1.82, 2.24) is 0 Å². The summed E-state index contributed by atoms with van der Waals surface area (Å²) in [5.41, 5.74) is 4.00. The first kappa shape index (κ1) is 19.4. The predicted molar refractivity (Wildman–Crippen MR) is 98.4 cm³/mol. The van der Waals surface area contributed by atoms with E-state index in [-0.39, 0.29) is 0 Å². The van der Waals surface area contributed by atoms with Crippen molar-refractivity contribution in [2.45, 2.75) is 47.0 Å². The van der Waals surface area contributed by atoms with Gasteiger partial charge in [0, 0.05) is 0 Å². The molecule has 0 aromatic carbocycles. The second-order valence-corrected chi connectivity index (χ2v) is 6.13. The van der Waals surface area contributed by atoms with Gasteiger partial charge in [0.15, 0.2) is 0 Å². The van der Waals surface area contributed by atoms with Crippen LogP contribution in [0.3, 0.4) is 0 Å². The summed E-state index contributed by atoms with van der Waals surface area (Å²) in [5.74, 6) is 1.31. The van der Waals surface area contributed by atoms with Crippen LogP contribution in [0, 0.1) is 11.8 Å². The average molecular weight is 284 g/mol. The molecular formula is C21H32. The summed E-state index contributed by atoms with van der Waals surface area (Å²) < 4.78 is 0. The Bertz CT molecular complexity index is 443. The van der Waals surface area contributed by atoms with Gasteiger partial charge in [-0.2, -0.15) is 0 Å². The number of rotatable bonds is 10. The van der Waals surface area contributed by atoms with Gasteiger partial charge in [-0.3, -0.25) is 0 Å². The van der Waals surface area contributed by atoms with Crippen molar-refractivity contribution in [2.75, 3.05) is 0 Å². The lowest BCUT2D eigenvalue weighted by Gasteiger charge is -2.14. The van der Waals surface area contributed by atoms with Crippen LogP contribution in [-0.2, 0) is 0 Å². The summed E-state index contributed by atoms with van der Waals surface area (Å²) in [6.07, 6.45) is 11.7. The molecule has 0 radical (unpaired) electrons. The third kappa shape index (κ3) is 9.07. The Labute approximate surface area is 132 Å². The average Bonchev–Trinajstić information content (AvgIpc) is 2.46. The molecule has 0 heterocycles. The van der Waals surface area contributed by atoms with Gasteiger partial charge in [-0.25, -0.2) is 0 Å². The zero-order chi connectivity index (χ0) is 16.4. The van der Waals surface area contributed by atoms with E-state index in [1.807, 2.05) is 25.2 Å². The van der Waals surface area contributed by atoms with Crippen LogP contribution in [-0.4, -0.2) is 0 Å². The van der Waals surface area contributed by atoms with Crippen molar-refractivity contribution in [2.24, 2.45) is 11.8 Å². The zero-order valence-electron chi connectivity index (χ0n) is 14.4. The monoisotopic (exact) mass is 284 g/mol. The van der Waals surface area contributed by atoms with E-state index in [9.17, 15) is 0 Å². The van der Waals surface area contributed by atoms with Gasteiger partial charge in [-0.1, -0.05) is 95.4 Å². The molecule has 116 valence electrons. The van der Waals surface area contributed by atoms with E-state index in [2.05, 4.69) is 53.2 Å². The fourth-order valence-electron chi connectivity index (χ4n) is 1.75. The molecule has 0 rings (SSSR count). The van der Waals surface area contributed by atoms with E-state index in [1.54, 1.807) is 0 Å². The van der Waals surface area contributed by atoms with Crippen molar-refractivity contribution >= 4 is 0 Å². The van der Waals surface area contributed by atoms with Gasteiger partial charge >= 0.3 is 0 Å². The van der Waals surface area contributed by atoms with Gasteiger partial charge in [0.1, 0.15) is 0 Å². The van der Waals surface area contributed by atoms with Gasteiger partial charge in [0.05, 0.1) is 0 Å². The molecule has 2 atom stereocenters. The Morgan fingerprint density at radius 3 is 1.86 bits per heavy atom. The van der Waals surface area contributed by atoms with E-state index in [4.69, 9.17) is 0 Å². The van der Waals surface area contributed by atoms with Gasteiger partial charge in [0.2, 0.25) is 0 Å². The van der Waals surface area contributed by atoms with Crippen LogP contribution in [0.2, 0.25) is 0 Å². The maximum Gasteiger partial charge on any atom is -0.0196 e. The summed E-state index contributed by atoms with van der Waals surface area (Å²) in [6, 6.07) is 0. The van der Waals surface area contributed by atoms with Gasteiger partial charge in [-0.15, -0.1) is 0 Å². The molecule has 0 amide bonds. The molecular weight excluding hydrogens is 252 g/mol. The molecule has 2 unspecified atom stereocenters. The minimum atomic E-state index is 0.516. The highest BCUT2D eigenvalue weighted by molar-refractivity contribution is 5.45. The lowest BCUT2D eigenvalue weighted by Crippen LogP contribution is -2.00. The molecule has 0 aliphatic carbocycles. The molecule has 0 N–H and O–H groups in total. The van der Waals surface area contributed by atoms with Crippen molar-refractivity contribution < 1.29 is 0 Å². The Hall–Kier alpha value is -1.56. The molecule has 0 saturated heterocycles. The highest BCUT2D eigenvalue weighted by Crippen LogP contribution is 2.21. The fraction of sp³-hybridized carbons (Fsp3) is 0.429. The SMILES string of the molecule is C=C(C)/C=C\C(=C)C(=C)/C=C\C(=C)C(C)CCC(C)CC. The van der Waals surface area contributed by atoms with Crippen LogP contribution in [0.15, 0.2) is 72.9 Å².